The van der Waals surface area contributed by atoms with Gasteiger partial charge in [-0.05, 0) is 60.5 Å². The van der Waals surface area contributed by atoms with Gasteiger partial charge in [-0.1, -0.05) is 42.5 Å². The molecule has 0 bridgehead atoms. The second-order valence-corrected chi connectivity index (χ2v) is 6.92. The highest BCUT2D eigenvalue weighted by atomic mass is 16.5. The van der Waals surface area contributed by atoms with Crippen molar-refractivity contribution in [2.24, 2.45) is 0 Å². The molecular weight excluding hydrogens is 362 g/mol. The van der Waals surface area contributed by atoms with E-state index in [1.54, 1.807) is 24.3 Å². The number of nitrogens with one attached hydrogen (secondary N) is 1. The predicted octanol–water partition coefficient (Wildman–Crippen LogP) is 5.22. The zero-order valence-electron chi connectivity index (χ0n) is 16.3. The number of carbonyl (C=O) groups excluding carboxylic acids is 1. The third kappa shape index (κ3) is 4.58. The van der Waals surface area contributed by atoms with E-state index in [9.17, 15) is 4.79 Å². The number of anilines is 1. The fraction of sp³-hybridized carbons (Fsp3) is 0.125. The lowest BCUT2D eigenvalue weighted by atomic mass is 10.0. The molecule has 0 spiro atoms. The van der Waals surface area contributed by atoms with Crippen LogP contribution in [-0.2, 0) is 11.2 Å². The summed E-state index contributed by atoms with van der Waals surface area (Å²) in [5.74, 6) is 0.551. The van der Waals surface area contributed by atoms with Crippen molar-refractivity contribution in [1.29, 1.82) is 0 Å². The first-order chi connectivity index (χ1) is 14.1. The smallest absolute Gasteiger partial charge is 0.322 e. The Morgan fingerprint density at radius 2 is 1.59 bits per heavy atom. The lowest BCUT2D eigenvalue weighted by molar-refractivity contribution is -0.115. The SMILES string of the molecule is Cc1cc(C)nc(Oc2ccc(NC(=O)Cc3cccc4ccccc34)cc2)n1. The fourth-order valence-electron chi connectivity index (χ4n) is 3.28. The summed E-state index contributed by atoms with van der Waals surface area (Å²) in [6.45, 7) is 3.80. The Labute approximate surface area is 169 Å². The topological polar surface area (TPSA) is 64.1 Å². The Balaban J connectivity index is 1.42. The molecule has 1 N–H and O–H groups in total. The van der Waals surface area contributed by atoms with E-state index >= 15 is 0 Å². The number of amides is 1. The van der Waals surface area contributed by atoms with Gasteiger partial charge in [0.25, 0.3) is 0 Å². The molecule has 3 aromatic carbocycles. The molecule has 0 saturated heterocycles. The summed E-state index contributed by atoms with van der Waals surface area (Å²) in [7, 11) is 0. The Kier molecular flexibility index (Phi) is 5.20. The number of hydrogen-bond acceptors (Lipinski definition) is 4. The number of nitrogens with zero attached hydrogens (tertiary/aromatic N) is 2. The van der Waals surface area contributed by atoms with E-state index < -0.39 is 0 Å². The maximum atomic E-state index is 12.5. The van der Waals surface area contributed by atoms with Gasteiger partial charge in [-0.2, -0.15) is 0 Å². The average molecular weight is 383 g/mol. The number of ether oxygens (including phenoxy) is 1. The molecule has 1 aromatic heterocycles. The molecule has 0 aliphatic heterocycles. The molecule has 29 heavy (non-hydrogen) atoms. The normalized spacial score (nSPS) is 10.7. The van der Waals surface area contributed by atoms with E-state index in [4.69, 9.17) is 4.74 Å². The number of aryl methyl sites for hydroxylation is 2. The summed E-state index contributed by atoms with van der Waals surface area (Å²) in [6, 6.07) is 23.5. The molecule has 144 valence electrons. The van der Waals surface area contributed by atoms with Crippen LogP contribution in [0.2, 0.25) is 0 Å². The zero-order valence-corrected chi connectivity index (χ0v) is 16.3. The Morgan fingerprint density at radius 1 is 0.897 bits per heavy atom. The van der Waals surface area contributed by atoms with Crippen molar-refractivity contribution in [3.63, 3.8) is 0 Å². The van der Waals surface area contributed by atoms with E-state index in [-0.39, 0.29) is 5.91 Å². The van der Waals surface area contributed by atoms with E-state index in [0.717, 1.165) is 27.7 Å². The van der Waals surface area contributed by atoms with Crippen LogP contribution in [0.1, 0.15) is 17.0 Å². The van der Waals surface area contributed by atoms with E-state index in [1.165, 1.54) is 0 Å². The molecule has 0 radical (unpaired) electrons. The van der Waals surface area contributed by atoms with Crippen LogP contribution in [-0.4, -0.2) is 15.9 Å². The molecule has 1 amide bonds. The molecule has 0 fully saturated rings. The van der Waals surface area contributed by atoms with Gasteiger partial charge in [0.1, 0.15) is 5.75 Å². The van der Waals surface area contributed by atoms with Crippen molar-refractivity contribution in [1.82, 2.24) is 9.97 Å². The predicted molar refractivity (Wildman–Crippen MR) is 114 cm³/mol. The minimum atomic E-state index is -0.0623. The number of benzene rings is 3. The van der Waals surface area contributed by atoms with Gasteiger partial charge in [0, 0.05) is 17.1 Å². The molecule has 0 atom stereocenters. The van der Waals surface area contributed by atoms with E-state index in [1.807, 2.05) is 50.2 Å². The molecule has 0 aliphatic rings. The minimum Gasteiger partial charge on any atom is -0.424 e. The van der Waals surface area contributed by atoms with Crippen LogP contribution < -0.4 is 10.1 Å². The van der Waals surface area contributed by atoms with E-state index in [2.05, 4.69) is 27.4 Å². The monoisotopic (exact) mass is 383 g/mol. The number of fused-ring (bicyclic) bond motifs is 1. The van der Waals surface area contributed by atoms with Crippen LogP contribution >= 0.6 is 0 Å². The quantitative estimate of drug-likeness (QED) is 0.513. The molecule has 4 aromatic rings. The summed E-state index contributed by atoms with van der Waals surface area (Å²) in [5, 5.41) is 5.17. The minimum absolute atomic E-state index is 0.0623. The van der Waals surface area contributed by atoms with Gasteiger partial charge < -0.3 is 10.1 Å². The van der Waals surface area contributed by atoms with Gasteiger partial charge in [0.05, 0.1) is 6.42 Å². The summed E-state index contributed by atoms with van der Waals surface area (Å²) in [6.07, 6.45) is 0.315. The lowest BCUT2D eigenvalue weighted by Gasteiger charge is -2.09. The Hall–Kier alpha value is -3.73. The molecular formula is C24H21N3O2. The van der Waals surface area contributed by atoms with Crippen LogP contribution in [0, 0.1) is 13.8 Å². The van der Waals surface area contributed by atoms with Gasteiger partial charge in [0.2, 0.25) is 5.91 Å². The average Bonchev–Trinajstić information content (AvgIpc) is 2.69. The summed E-state index contributed by atoms with van der Waals surface area (Å²) in [5.41, 5.74) is 3.42. The molecule has 5 heteroatoms. The highest BCUT2D eigenvalue weighted by Crippen LogP contribution is 2.22. The molecule has 4 rings (SSSR count). The summed E-state index contributed by atoms with van der Waals surface area (Å²) < 4.78 is 5.71. The van der Waals surface area contributed by atoms with Gasteiger partial charge >= 0.3 is 6.01 Å². The van der Waals surface area contributed by atoms with Crippen LogP contribution in [0.5, 0.6) is 11.8 Å². The maximum Gasteiger partial charge on any atom is 0.322 e. The van der Waals surface area contributed by atoms with Gasteiger partial charge in [0.15, 0.2) is 0 Å². The largest absolute Gasteiger partial charge is 0.424 e. The van der Waals surface area contributed by atoms with Gasteiger partial charge in [-0.3, -0.25) is 4.79 Å². The summed E-state index contributed by atoms with van der Waals surface area (Å²) in [4.78, 5) is 21.1. The first-order valence-corrected chi connectivity index (χ1v) is 9.43. The van der Waals surface area contributed by atoms with Crippen LogP contribution in [0.25, 0.3) is 10.8 Å². The standard InChI is InChI=1S/C24H21N3O2/c1-16-14-17(2)26-24(25-16)29-21-12-10-20(11-13-21)27-23(28)15-19-8-5-7-18-6-3-4-9-22(18)19/h3-14H,15H2,1-2H3,(H,27,28). The van der Waals surface area contributed by atoms with Crippen molar-refractivity contribution >= 4 is 22.4 Å². The fourth-order valence-corrected chi connectivity index (χ4v) is 3.28. The second-order valence-electron chi connectivity index (χ2n) is 6.92. The highest BCUT2D eigenvalue weighted by molar-refractivity contribution is 5.96. The second kappa shape index (κ2) is 8.10. The van der Waals surface area contributed by atoms with Crippen LogP contribution in [0.4, 0.5) is 5.69 Å². The van der Waals surface area contributed by atoms with E-state index in [0.29, 0.717) is 23.9 Å². The third-order valence-corrected chi connectivity index (χ3v) is 4.54. The molecule has 1 heterocycles. The number of rotatable bonds is 5. The van der Waals surface area contributed by atoms with Crippen LogP contribution in [0.15, 0.2) is 72.8 Å². The summed E-state index contributed by atoms with van der Waals surface area (Å²) >= 11 is 0. The Bertz CT molecular complexity index is 1140. The first-order valence-electron chi connectivity index (χ1n) is 9.43. The first kappa shape index (κ1) is 18.6. The Morgan fingerprint density at radius 3 is 2.34 bits per heavy atom. The van der Waals surface area contributed by atoms with Gasteiger partial charge in [-0.25, -0.2) is 9.97 Å². The third-order valence-electron chi connectivity index (χ3n) is 4.54. The number of aromatic nitrogens is 2. The lowest BCUT2D eigenvalue weighted by Crippen LogP contribution is -2.14. The van der Waals surface area contributed by atoms with Crippen molar-refractivity contribution in [2.75, 3.05) is 5.32 Å². The van der Waals surface area contributed by atoms with Crippen molar-refractivity contribution in [2.45, 2.75) is 20.3 Å². The molecule has 0 unspecified atom stereocenters. The molecule has 0 saturated carbocycles. The number of carbonyl (C=O) groups is 1. The number of hydrogen-bond donors (Lipinski definition) is 1. The van der Waals surface area contributed by atoms with Gasteiger partial charge in [-0.15, -0.1) is 0 Å². The van der Waals surface area contributed by atoms with Crippen molar-refractivity contribution in [3.8, 4) is 11.8 Å². The van der Waals surface area contributed by atoms with Crippen molar-refractivity contribution < 1.29 is 9.53 Å². The maximum absolute atomic E-state index is 12.5. The zero-order chi connectivity index (χ0) is 20.2. The van der Waals surface area contributed by atoms with Crippen LogP contribution in [0.3, 0.4) is 0 Å². The molecule has 0 aliphatic carbocycles. The van der Waals surface area contributed by atoms with Crippen molar-refractivity contribution in [3.05, 3.63) is 89.7 Å². The highest BCUT2D eigenvalue weighted by Gasteiger charge is 2.08. The molecule has 5 nitrogen and oxygen atoms in total.